The van der Waals surface area contributed by atoms with E-state index in [1.54, 1.807) is 6.92 Å². The minimum atomic E-state index is -1.29. The average molecular weight is 303 g/mol. The molecule has 0 aliphatic carbocycles. The van der Waals surface area contributed by atoms with Crippen molar-refractivity contribution in [3.8, 4) is 0 Å². The first kappa shape index (κ1) is 17.3. The Kier molecular flexibility index (Phi) is 6.04. The fourth-order valence-electron chi connectivity index (χ4n) is 1.65. The molecule has 118 valence electrons. The third kappa shape index (κ3) is 4.64. The van der Waals surface area contributed by atoms with Gasteiger partial charge in [-0.1, -0.05) is 0 Å². The number of hydrogen-bond donors (Lipinski definition) is 2. The first-order chi connectivity index (χ1) is 9.82. The summed E-state index contributed by atoms with van der Waals surface area (Å²) < 4.78 is 36.8. The first-order valence-electron chi connectivity index (χ1n) is 6.34. The molecule has 0 heterocycles. The number of ether oxygens (including phenoxy) is 2. The number of methoxy groups -OCH3 is 2. The average Bonchev–Trinajstić information content (AvgIpc) is 2.46. The highest BCUT2D eigenvalue weighted by atomic mass is 19.2. The van der Waals surface area contributed by atoms with Gasteiger partial charge in [-0.2, -0.15) is 0 Å². The van der Waals surface area contributed by atoms with Crippen molar-refractivity contribution >= 4 is 11.7 Å². The maximum absolute atomic E-state index is 13.8. The molecule has 0 aliphatic heterocycles. The molecule has 0 aromatic heterocycles. The fraction of sp³-hybridized carbons (Fsp3) is 0.500. The highest BCUT2D eigenvalue weighted by Gasteiger charge is 2.23. The molecule has 0 saturated carbocycles. The van der Waals surface area contributed by atoms with Crippen LogP contribution in [-0.2, 0) is 9.47 Å². The number of benzene rings is 1. The topological polar surface area (TPSA) is 67.8 Å². The van der Waals surface area contributed by atoms with Gasteiger partial charge >= 0.3 is 5.97 Å². The maximum atomic E-state index is 13.8. The van der Waals surface area contributed by atoms with E-state index < -0.39 is 28.8 Å². The summed E-state index contributed by atoms with van der Waals surface area (Å²) in [7, 11) is 2.59. The molecule has 0 spiro atoms. The van der Waals surface area contributed by atoms with Gasteiger partial charge in [0.2, 0.25) is 0 Å². The van der Waals surface area contributed by atoms with E-state index >= 15 is 0 Å². The van der Waals surface area contributed by atoms with Crippen LogP contribution in [0.3, 0.4) is 0 Å². The van der Waals surface area contributed by atoms with Crippen LogP contribution < -0.4 is 5.32 Å². The molecule has 0 fully saturated rings. The normalized spacial score (nSPS) is 13.6. The first-order valence-corrected chi connectivity index (χ1v) is 6.34. The van der Waals surface area contributed by atoms with Gasteiger partial charge in [-0.15, -0.1) is 0 Å². The fourth-order valence-corrected chi connectivity index (χ4v) is 1.65. The highest BCUT2D eigenvalue weighted by Crippen LogP contribution is 2.22. The molecule has 0 aliphatic rings. The van der Waals surface area contributed by atoms with Gasteiger partial charge in [0.05, 0.1) is 24.0 Å². The van der Waals surface area contributed by atoms with Crippen molar-refractivity contribution in [2.24, 2.45) is 0 Å². The van der Waals surface area contributed by atoms with Gasteiger partial charge in [-0.05, 0) is 19.1 Å². The zero-order chi connectivity index (χ0) is 16.0. The molecule has 1 aromatic carbocycles. The molecule has 0 radical (unpaired) electrons. The monoisotopic (exact) mass is 303 g/mol. The van der Waals surface area contributed by atoms with Crippen LogP contribution >= 0.6 is 0 Å². The number of nitrogens with one attached hydrogen (secondary N) is 1. The Morgan fingerprint density at radius 3 is 2.57 bits per heavy atom. The van der Waals surface area contributed by atoms with E-state index in [4.69, 9.17) is 4.74 Å². The maximum Gasteiger partial charge on any atom is 0.340 e. The molecule has 1 atom stereocenters. The lowest BCUT2D eigenvalue weighted by Gasteiger charge is -2.24. The summed E-state index contributed by atoms with van der Waals surface area (Å²) in [4.78, 5) is 11.2. The van der Waals surface area contributed by atoms with Gasteiger partial charge in [-0.3, -0.25) is 0 Å². The predicted octanol–water partition coefficient (Wildman–Crippen LogP) is 1.95. The summed E-state index contributed by atoms with van der Waals surface area (Å²) in [5, 5.41) is 12.6. The van der Waals surface area contributed by atoms with Crippen molar-refractivity contribution in [2.45, 2.75) is 18.9 Å². The van der Waals surface area contributed by atoms with Crippen LogP contribution in [-0.4, -0.2) is 44.0 Å². The van der Waals surface area contributed by atoms with Crippen LogP contribution in [0.15, 0.2) is 12.1 Å². The SMILES string of the molecule is COCCC(C)(O)CNc1ccc(C(=O)OC)c(F)c1F. The summed E-state index contributed by atoms with van der Waals surface area (Å²) in [5.74, 6) is -3.44. The van der Waals surface area contributed by atoms with E-state index in [0.717, 1.165) is 13.2 Å². The van der Waals surface area contributed by atoms with E-state index in [1.807, 2.05) is 0 Å². The molecule has 5 nitrogen and oxygen atoms in total. The Balaban J connectivity index is 2.82. The number of hydrogen-bond acceptors (Lipinski definition) is 5. The summed E-state index contributed by atoms with van der Waals surface area (Å²) in [6, 6.07) is 2.34. The van der Waals surface area contributed by atoms with Crippen LogP contribution in [0.5, 0.6) is 0 Å². The second kappa shape index (κ2) is 7.33. The molecule has 1 aromatic rings. The number of carbonyl (C=O) groups is 1. The Morgan fingerprint density at radius 2 is 2.00 bits per heavy atom. The second-order valence-corrected chi connectivity index (χ2v) is 4.87. The Labute approximate surface area is 121 Å². The van der Waals surface area contributed by atoms with E-state index in [9.17, 15) is 18.7 Å². The molecular weight excluding hydrogens is 284 g/mol. The zero-order valence-corrected chi connectivity index (χ0v) is 12.2. The molecule has 7 heteroatoms. The highest BCUT2D eigenvalue weighted by molar-refractivity contribution is 5.90. The van der Waals surface area contributed by atoms with Crippen molar-refractivity contribution in [2.75, 3.05) is 32.7 Å². The molecule has 2 N–H and O–H groups in total. The van der Waals surface area contributed by atoms with Gasteiger partial charge in [0.15, 0.2) is 11.6 Å². The predicted molar refractivity (Wildman–Crippen MR) is 73.3 cm³/mol. The van der Waals surface area contributed by atoms with Crippen molar-refractivity contribution in [3.05, 3.63) is 29.3 Å². The Bertz CT molecular complexity index is 506. The molecular formula is C14H19F2NO4. The molecule has 21 heavy (non-hydrogen) atoms. The zero-order valence-electron chi connectivity index (χ0n) is 12.2. The lowest BCUT2D eigenvalue weighted by atomic mass is 10.0. The van der Waals surface area contributed by atoms with Crippen molar-refractivity contribution in [1.29, 1.82) is 0 Å². The molecule has 0 amide bonds. The van der Waals surface area contributed by atoms with Crippen molar-refractivity contribution < 1.29 is 28.2 Å². The van der Waals surface area contributed by atoms with Crippen LogP contribution in [0, 0.1) is 11.6 Å². The summed E-state index contributed by atoms with van der Waals surface area (Å²) in [6.45, 7) is 1.90. The standard InChI is InChI=1S/C14H19F2NO4/c1-14(19,6-7-20-2)8-17-10-5-4-9(13(18)21-3)11(15)12(10)16/h4-5,17,19H,6-8H2,1-3H3. The third-order valence-electron chi connectivity index (χ3n) is 2.99. The molecule has 1 unspecified atom stereocenters. The van der Waals surface area contributed by atoms with Crippen LogP contribution in [0.25, 0.3) is 0 Å². The summed E-state index contributed by atoms with van der Waals surface area (Å²) in [5.41, 5.74) is -1.76. The number of halogens is 2. The Hall–Kier alpha value is -1.73. The number of anilines is 1. The lowest BCUT2D eigenvalue weighted by Crippen LogP contribution is -2.35. The van der Waals surface area contributed by atoms with E-state index in [0.29, 0.717) is 13.0 Å². The van der Waals surface area contributed by atoms with Crippen LogP contribution in [0.4, 0.5) is 14.5 Å². The molecule has 1 rings (SSSR count). The van der Waals surface area contributed by atoms with E-state index in [1.165, 1.54) is 13.2 Å². The second-order valence-electron chi connectivity index (χ2n) is 4.87. The Morgan fingerprint density at radius 1 is 1.33 bits per heavy atom. The van der Waals surface area contributed by atoms with Gasteiger partial charge < -0.3 is 19.9 Å². The number of esters is 1. The third-order valence-corrected chi connectivity index (χ3v) is 2.99. The lowest BCUT2D eigenvalue weighted by molar-refractivity contribution is 0.0356. The van der Waals surface area contributed by atoms with Gasteiger partial charge in [0.1, 0.15) is 0 Å². The quantitative estimate of drug-likeness (QED) is 0.754. The minimum Gasteiger partial charge on any atom is -0.465 e. The van der Waals surface area contributed by atoms with Crippen LogP contribution in [0.2, 0.25) is 0 Å². The number of carbonyl (C=O) groups excluding carboxylic acids is 1. The number of aliphatic hydroxyl groups is 1. The van der Waals surface area contributed by atoms with Gasteiger partial charge in [-0.25, -0.2) is 13.6 Å². The van der Waals surface area contributed by atoms with Gasteiger partial charge in [0.25, 0.3) is 0 Å². The largest absolute Gasteiger partial charge is 0.465 e. The summed E-state index contributed by atoms with van der Waals surface area (Å²) >= 11 is 0. The van der Waals surface area contributed by atoms with Crippen molar-refractivity contribution in [1.82, 2.24) is 0 Å². The minimum absolute atomic E-state index is 0.00426. The van der Waals surface area contributed by atoms with E-state index in [2.05, 4.69) is 10.1 Å². The molecule has 0 saturated heterocycles. The molecule has 0 bridgehead atoms. The number of rotatable bonds is 7. The smallest absolute Gasteiger partial charge is 0.340 e. The van der Waals surface area contributed by atoms with Crippen LogP contribution in [0.1, 0.15) is 23.7 Å². The van der Waals surface area contributed by atoms with Crippen molar-refractivity contribution in [3.63, 3.8) is 0 Å². The summed E-state index contributed by atoms with van der Waals surface area (Å²) in [6.07, 6.45) is 0.334. The van der Waals surface area contributed by atoms with E-state index in [-0.39, 0.29) is 12.2 Å². The van der Waals surface area contributed by atoms with Gasteiger partial charge in [0, 0.05) is 26.7 Å².